The maximum atomic E-state index is 11.4. The fourth-order valence-electron chi connectivity index (χ4n) is 1.54. The predicted molar refractivity (Wildman–Crippen MR) is 78.0 cm³/mol. The van der Waals surface area contributed by atoms with Gasteiger partial charge in [-0.1, -0.05) is 13.8 Å². The summed E-state index contributed by atoms with van der Waals surface area (Å²) in [5, 5.41) is 0. The van der Waals surface area contributed by atoms with Crippen molar-refractivity contribution in [2.45, 2.75) is 20.3 Å². The molecular weight excluding hydrogens is 258 g/mol. The zero-order valence-electron chi connectivity index (χ0n) is 12.3. The normalized spacial score (nSPS) is 10.6. The molecule has 0 unspecified atom stereocenters. The third-order valence-corrected chi connectivity index (χ3v) is 2.76. The molecule has 0 fully saturated rings. The molecule has 0 aromatic heterocycles. The van der Waals surface area contributed by atoms with Gasteiger partial charge in [0.15, 0.2) is 0 Å². The molecule has 0 amide bonds. The Morgan fingerprint density at radius 1 is 1.25 bits per heavy atom. The molecule has 20 heavy (non-hydrogen) atoms. The van der Waals surface area contributed by atoms with E-state index in [0.717, 1.165) is 13.0 Å². The molecule has 5 nitrogen and oxygen atoms in total. The first-order valence-corrected chi connectivity index (χ1v) is 6.73. The number of benzene rings is 1. The number of nitrogen functional groups attached to an aromatic ring is 1. The van der Waals surface area contributed by atoms with Crippen molar-refractivity contribution >= 4 is 11.7 Å². The summed E-state index contributed by atoms with van der Waals surface area (Å²) in [6, 6.07) is 4.81. The monoisotopic (exact) mass is 281 g/mol. The molecule has 1 rings (SSSR count). The van der Waals surface area contributed by atoms with E-state index in [1.807, 2.05) is 0 Å². The Morgan fingerprint density at radius 3 is 2.65 bits per heavy atom. The van der Waals surface area contributed by atoms with Crippen LogP contribution in [0.15, 0.2) is 18.2 Å². The van der Waals surface area contributed by atoms with Crippen LogP contribution in [-0.2, 0) is 9.47 Å². The largest absolute Gasteiger partial charge is 0.489 e. The molecule has 1 aromatic rings. The van der Waals surface area contributed by atoms with Crippen LogP contribution in [-0.4, -0.2) is 32.9 Å². The van der Waals surface area contributed by atoms with Crippen molar-refractivity contribution < 1.29 is 19.0 Å². The number of hydrogen-bond donors (Lipinski definition) is 1. The number of carbonyl (C=O) groups is 1. The lowest BCUT2D eigenvalue weighted by Crippen LogP contribution is -2.10. The van der Waals surface area contributed by atoms with Gasteiger partial charge in [0.1, 0.15) is 12.4 Å². The van der Waals surface area contributed by atoms with Crippen LogP contribution in [0.2, 0.25) is 0 Å². The van der Waals surface area contributed by atoms with E-state index in [4.69, 9.17) is 15.2 Å². The second-order valence-electron chi connectivity index (χ2n) is 4.89. The van der Waals surface area contributed by atoms with E-state index >= 15 is 0 Å². The molecule has 0 aliphatic carbocycles. The van der Waals surface area contributed by atoms with Crippen LogP contribution in [0.4, 0.5) is 5.69 Å². The van der Waals surface area contributed by atoms with Crippen molar-refractivity contribution in [3.8, 4) is 5.75 Å². The summed E-state index contributed by atoms with van der Waals surface area (Å²) in [6.07, 6.45) is 1.03. The molecule has 0 heterocycles. The molecule has 5 heteroatoms. The Balaban J connectivity index is 2.41. The van der Waals surface area contributed by atoms with E-state index in [-0.39, 0.29) is 0 Å². The average molecular weight is 281 g/mol. The van der Waals surface area contributed by atoms with Crippen LogP contribution in [0, 0.1) is 5.92 Å². The van der Waals surface area contributed by atoms with Crippen molar-refractivity contribution in [1.29, 1.82) is 0 Å². The van der Waals surface area contributed by atoms with Gasteiger partial charge in [0.2, 0.25) is 0 Å². The minimum Gasteiger partial charge on any atom is -0.489 e. The van der Waals surface area contributed by atoms with Gasteiger partial charge in [0.05, 0.1) is 25.0 Å². The van der Waals surface area contributed by atoms with E-state index in [9.17, 15) is 4.79 Å². The minimum absolute atomic E-state index is 0.396. The average Bonchev–Trinajstić information content (AvgIpc) is 2.43. The van der Waals surface area contributed by atoms with Gasteiger partial charge >= 0.3 is 5.97 Å². The van der Waals surface area contributed by atoms with Crippen LogP contribution < -0.4 is 10.5 Å². The van der Waals surface area contributed by atoms with Gasteiger partial charge in [-0.05, 0) is 30.5 Å². The molecule has 0 saturated heterocycles. The first kappa shape index (κ1) is 16.3. The number of rotatable bonds is 8. The van der Waals surface area contributed by atoms with Crippen LogP contribution in [0.3, 0.4) is 0 Å². The first-order chi connectivity index (χ1) is 9.54. The molecule has 0 spiro atoms. The van der Waals surface area contributed by atoms with Crippen LogP contribution in [0.25, 0.3) is 0 Å². The summed E-state index contributed by atoms with van der Waals surface area (Å²) in [6.45, 7) is 5.91. The molecule has 0 aliphatic heterocycles. The number of carbonyl (C=O) groups excluding carboxylic acids is 1. The zero-order valence-corrected chi connectivity index (χ0v) is 12.3. The zero-order chi connectivity index (χ0) is 15.0. The Hall–Kier alpha value is -1.75. The maximum Gasteiger partial charge on any atom is 0.337 e. The lowest BCUT2D eigenvalue weighted by Gasteiger charge is -2.11. The molecule has 0 aliphatic rings. The molecule has 0 bridgehead atoms. The number of nitrogens with two attached hydrogens (primary N) is 1. The quantitative estimate of drug-likeness (QED) is 0.450. The van der Waals surface area contributed by atoms with E-state index in [1.54, 1.807) is 18.2 Å². The Kier molecular flexibility index (Phi) is 6.87. The summed E-state index contributed by atoms with van der Waals surface area (Å²) in [5.41, 5.74) is 6.69. The van der Waals surface area contributed by atoms with Gasteiger partial charge in [-0.25, -0.2) is 4.79 Å². The minimum atomic E-state index is -0.414. The van der Waals surface area contributed by atoms with E-state index in [0.29, 0.717) is 36.1 Å². The molecule has 1 aromatic carbocycles. The second-order valence-corrected chi connectivity index (χ2v) is 4.89. The highest BCUT2D eigenvalue weighted by Crippen LogP contribution is 2.23. The molecule has 112 valence electrons. The predicted octanol–water partition coefficient (Wildman–Crippen LogP) is 2.50. The SMILES string of the molecule is COC(=O)c1ccc(N)c(OCCOCCC(C)C)c1. The lowest BCUT2D eigenvalue weighted by molar-refractivity contribution is 0.0600. The number of ether oxygens (including phenoxy) is 3. The standard InChI is InChI=1S/C15H23NO4/c1-11(2)6-7-19-8-9-20-14-10-12(15(17)18-3)4-5-13(14)16/h4-5,10-11H,6-9,16H2,1-3H3. The molecule has 0 atom stereocenters. The lowest BCUT2D eigenvalue weighted by atomic mass is 10.1. The van der Waals surface area contributed by atoms with Crippen LogP contribution in [0.5, 0.6) is 5.75 Å². The number of hydrogen-bond acceptors (Lipinski definition) is 5. The van der Waals surface area contributed by atoms with Gasteiger partial charge in [0, 0.05) is 6.61 Å². The first-order valence-electron chi connectivity index (χ1n) is 6.73. The van der Waals surface area contributed by atoms with Crippen LogP contribution in [0.1, 0.15) is 30.6 Å². The van der Waals surface area contributed by atoms with Gasteiger partial charge < -0.3 is 19.9 Å². The highest BCUT2D eigenvalue weighted by Gasteiger charge is 2.09. The summed E-state index contributed by atoms with van der Waals surface area (Å²) >= 11 is 0. The summed E-state index contributed by atoms with van der Waals surface area (Å²) in [7, 11) is 1.34. The molecule has 0 radical (unpaired) electrons. The van der Waals surface area contributed by atoms with E-state index < -0.39 is 5.97 Å². The summed E-state index contributed by atoms with van der Waals surface area (Å²) in [5.74, 6) is 0.687. The van der Waals surface area contributed by atoms with Crippen LogP contribution >= 0.6 is 0 Å². The van der Waals surface area contributed by atoms with Crippen molar-refractivity contribution in [1.82, 2.24) is 0 Å². The third kappa shape index (κ3) is 5.48. The van der Waals surface area contributed by atoms with E-state index in [2.05, 4.69) is 18.6 Å². The Morgan fingerprint density at radius 2 is 2.00 bits per heavy atom. The van der Waals surface area contributed by atoms with Crippen molar-refractivity contribution in [2.75, 3.05) is 32.7 Å². The smallest absolute Gasteiger partial charge is 0.337 e. The summed E-state index contributed by atoms with van der Waals surface area (Å²) in [4.78, 5) is 11.4. The number of methoxy groups -OCH3 is 1. The molecule has 0 saturated carbocycles. The van der Waals surface area contributed by atoms with Gasteiger partial charge in [-0.2, -0.15) is 0 Å². The van der Waals surface area contributed by atoms with E-state index in [1.165, 1.54) is 7.11 Å². The van der Waals surface area contributed by atoms with Crippen molar-refractivity contribution in [3.05, 3.63) is 23.8 Å². The molecular formula is C15H23NO4. The Labute approximate surface area is 120 Å². The van der Waals surface area contributed by atoms with Crippen molar-refractivity contribution in [2.24, 2.45) is 5.92 Å². The van der Waals surface area contributed by atoms with Crippen molar-refractivity contribution in [3.63, 3.8) is 0 Å². The second kappa shape index (κ2) is 8.43. The van der Waals surface area contributed by atoms with Gasteiger partial charge in [-0.15, -0.1) is 0 Å². The third-order valence-electron chi connectivity index (χ3n) is 2.76. The maximum absolute atomic E-state index is 11.4. The number of esters is 1. The fourth-order valence-corrected chi connectivity index (χ4v) is 1.54. The summed E-state index contributed by atoms with van der Waals surface area (Å²) < 4.78 is 15.6. The highest BCUT2D eigenvalue weighted by atomic mass is 16.5. The fraction of sp³-hybridized carbons (Fsp3) is 0.533. The highest BCUT2D eigenvalue weighted by molar-refractivity contribution is 5.90. The molecule has 2 N–H and O–H groups in total. The number of anilines is 1. The Bertz CT molecular complexity index is 432. The van der Waals surface area contributed by atoms with Gasteiger partial charge in [0.25, 0.3) is 0 Å². The topological polar surface area (TPSA) is 70.8 Å². The van der Waals surface area contributed by atoms with Gasteiger partial charge in [-0.3, -0.25) is 0 Å².